The molecule has 0 unspecified atom stereocenters. The van der Waals surface area contributed by atoms with Gasteiger partial charge >= 0.3 is 0 Å². The largest absolute Gasteiger partial charge is 0.371 e. The van der Waals surface area contributed by atoms with Crippen molar-refractivity contribution in [2.75, 3.05) is 24.2 Å². The van der Waals surface area contributed by atoms with E-state index in [9.17, 15) is 13.2 Å². The van der Waals surface area contributed by atoms with Crippen LogP contribution in [0.15, 0.2) is 24.5 Å². The first kappa shape index (κ1) is 17.3. The van der Waals surface area contributed by atoms with Crippen LogP contribution < -0.4 is 5.32 Å². The molecular formula is C16H23N3O4S. The Morgan fingerprint density at radius 1 is 1.46 bits per heavy atom. The van der Waals surface area contributed by atoms with E-state index in [2.05, 4.69) is 10.3 Å². The maximum Gasteiger partial charge on any atom is 0.230 e. The molecule has 2 fully saturated rings. The number of hydrogen-bond donors (Lipinski definition) is 1. The minimum atomic E-state index is -3.30. The number of fused-ring (bicyclic) bond motifs is 2. The van der Waals surface area contributed by atoms with Gasteiger partial charge in [0, 0.05) is 19.3 Å². The molecule has 24 heavy (non-hydrogen) atoms. The van der Waals surface area contributed by atoms with E-state index in [0.717, 1.165) is 0 Å². The highest BCUT2D eigenvalue weighted by Crippen LogP contribution is 2.34. The standard InChI is InChI=1S/C16H23N3O4S/c1-11(2)10-24(21,22)19-8-13-6-14(15(9-19)23-13)16(20)18-12-4-3-5-17-7-12/h3-5,7,11,13-15H,6,8-10H2,1-2H3,(H,18,20)/t13-,14+,15-/m1/s1. The number of carbonyl (C=O) groups excluding carboxylic acids is 1. The first-order valence-corrected chi connectivity index (χ1v) is 9.80. The van der Waals surface area contributed by atoms with Crippen LogP contribution in [0.25, 0.3) is 0 Å². The molecule has 2 saturated heterocycles. The zero-order valence-corrected chi connectivity index (χ0v) is 14.7. The van der Waals surface area contributed by atoms with Crippen molar-refractivity contribution in [3.05, 3.63) is 24.5 Å². The number of rotatable bonds is 5. The second-order valence-corrected chi connectivity index (χ2v) is 8.87. The Labute approximate surface area is 142 Å². The molecule has 0 radical (unpaired) electrons. The van der Waals surface area contributed by atoms with E-state index in [1.807, 2.05) is 13.8 Å². The summed E-state index contributed by atoms with van der Waals surface area (Å²) in [6.45, 7) is 4.35. The number of nitrogens with zero attached hydrogens (tertiary/aromatic N) is 2. The molecule has 0 aliphatic carbocycles. The third kappa shape index (κ3) is 3.76. The van der Waals surface area contributed by atoms with Gasteiger partial charge in [-0.1, -0.05) is 13.8 Å². The highest BCUT2D eigenvalue weighted by molar-refractivity contribution is 7.89. The van der Waals surface area contributed by atoms with Crippen molar-refractivity contribution >= 4 is 21.6 Å². The van der Waals surface area contributed by atoms with Crippen LogP contribution in [0.3, 0.4) is 0 Å². The number of hydrogen-bond acceptors (Lipinski definition) is 5. The third-order valence-electron chi connectivity index (χ3n) is 4.33. The number of anilines is 1. The highest BCUT2D eigenvalue weighted by atomic mass is 32.2. The topological polar surface area (TPSA) is 88.6 Å². The zero-order valence-electron chi connectivity index (χ0n) is 13.9. The number of nitrogens with one attached hydrogen (secondary N) is 1. The summed E-state index contributed by atoms with van der Waals surface area (Å²) in [7, 11) is -3.30. The molecule has 1 aromatic rings. The summed E-state index contributed by atoms with van der Waals surface area (Å²) in [4.78, 5) is 16.5. The smallest absolute Gasteiger partial charge is 0.230 e. The summed E-state index contributed by atoms with van der Waals surface area (Å²) in [6.07, 6.45) is 3.17. The molecule has 2 aliphatic rings. The van der Waals surface area contributed by atoms with Gasteiger partial charge < -0.3 is 10.1 Å². The van der Waals surface area contributed by atoms with Crippen molar-refractivity contribution in [3.63, 3.8) is 0 Å². The summed E-state index contributed by atoms with van der Waals surface area (Å²) in [5, 5.41) is 2.83. The number of aromatic nitrogens is 1. The van der Waals surface area contributed by atoms with E-state index in [4.69, 9.17) is 4.74 Å². The zero-order chi connectivity index (χ0) is 17.3. The van der Waals surface area contributed by atoms with Gasteiger partial charge in [0.15, 0.2) is 0 Å². The maximum atomic E-state index is 12.5. The van der Waals surface area contributed by atoms with Gasteiger partial charge in [-0.25, -0.2) is 8.42 Å². The number of pyridine rings is 1. The Balaban J connectivity index is 1.67. The van der Waals surface area contributed by atoms with E-state index in [1.165, 1.54) is 4.31 Å². The van der Waals surface area contributed by atoms with Crippen molar-refractivity contribution in [1.82, 2.24) is 9.29 Å². The fourth-order valence-electron chi connectivity index (χ4n) is 3.32. The lowest BCUT2D eigenvalue weighted by Gasteiger charge is -2.32. The van der Waals surface area contributed by atoms with Crippen LogP contribution in [0, 0.1) is 11.8 Å². The normalized spacial score (nSPS) is 27.4. The quantitative estimate of drug-likeness (QED) is 0.856. The Morgan fingerprint density at radius 3 is 2.92 bits per heavy atom. The van der Waals surface area contributed by atoms with Gasteiger partial charge in [-0.15, -0.1) is 0 Å². The molecule has 1 N–H and O–H groups in total. The van der Waals surface area contributed by atoms with E-state index in [-0.39, 0.29) is 42.2 Å². The molecule has 3 rings (SSSR count). The first-order chi connectivity index (χ1) is 11.3. The fraction of sp³-hybridized carbons (Fsp3) is 0.625. The lowest BCUT2D eigenvalue weighted by Crippen LogP contribution is -2.48. The van der Waals surface area contributed by atoms with Crippen LogP contribution in [0.4, 0.5) is 5.69 Å². The highest BCUT2D eigenvalue weighted by Gasteiger charge is 2.47. The number of amides is 1. The SMILES string of the molecule is CC(C)CS(=O)(=O)N1C[C@H]2C[C@H](C(=O)Nc3cccnc3)[C@@H](C1)O2. The Hall–Kier alpha value is -1.51. The summed E-state index contributed by atoms with van der Waals surface area (Å²) in [6, 6.07) is 3.52. The van der Waals surface area contributed by atoms with Gasteiger partial charge in [-0.2, -0.15) is 4.31 Å². The molecule has 3 atom stereocenters. The number of ether oxygens (including phenoxy) is 1. The van der Waals surface area contributed by atoms with Crippen molar-refractivity contribution in [1.29, 1.82) is 0 Å². The molecule has 1 aromatic heterocycles. The van der Waals surface area contributed by atoms with Gasteiger partial charge in [0.1, 0.15) is 0 Å². The average Bonchev–Trinajstić information content (AvgIpc) is 2.81. The second kappa shape index (κ2) is 6.78. The Morgan fingerprint density at radius 2 is 2.25 bits per heavy atom. The van der Waals surface area contributed by atoms with E-state index >= 15 is 0 Å². The monoisotopic (exact) mass is 353 g/mol. The molecule has 8 heteroatoms. The van der Waals surface area contributed by atoms with Gasteiger partial charge in [0.2, 0.25) is 15.9 Å². The number of morpholine rings is 1. The van der Waals surface area contributed by atoms with Gasteiger partial charge in [-0.05, 0) is 24.5 Å². The molecule has 1 amide bonds. The lowest BCUT2D eigenvalue weighted by atomic mass is 9.99. The van der Waals surface area contributed by atoms with Gasteiger partial charge in [0.25, 0.3) is 0 Å². The van der Waals surface area contributed by atoms with E-state index < -0.39 is 10.0 Å². The van der Waals surface area contributed by atoms with Crippen LogP contribution in [0.1, 0.15) is 20.3 Å². The van der Waals surface area contributed by atoms with Crippen LogP contribution in [-0.2, 0) is 19.6 Å². The molecule has 132 valence electrons. The summed E-state index contributed by atoms with van der Waals surface area (Å²) >= 11 is 0. The first-order valence-electron chi connectivity index (χ1n) is 8.19. The predicted molar refractivity (Wildman–Crippen MR) is 89.8 cm³/mol. The van der Waals surface area contributed by atoms with Crippen molar-refractivity contribution in [3.8, 4) is 0 Å². The minimum absolute atomic E-state index is 0.0696. The summed E-state index contributed by atoms with van der Waals surface area (Å²) in [5.41, 5.74) is 0.633. The Bertz CT molecular complexity index is 693. The molecular weight excluding hydrogens is 330 g/mol. The number of sulfonamides is 1. The van der Waals surface area contributed by atoms with Crippen molar-refractivity contribution in [2.45, 2.75) is 32.5 Å². The third-order valence-corrected chi connectivity index (χ3v) is 6.50. The van der Waals surface area contributed by atoms with Crippen LogP contribution in [0.2, 0.25) is 0 Å². The predicted octanol–water partition coefficient (Wildman–Crippen LogP) is 1.10. The minimum Gasteiger partial charge on any atom is -0.371 e. The molecule has 0 saturated carbocycles. The summed E-state index contributed by atoms with van der Waals surface area (Å²) < 4.78 is 32.2. The molecule has 3 heterocycles. The fourth-order valence-corrected chi connectivity index (χ4v) is 5.14. The van der Waals surface area contributed by atoms with E-state index in [1.54, 1.807) is 24.5 Å². The van der Waals surface area contributed by atoms with Crippen LogP contribution >= 0.6 is 0 Å². The van der Waals surface area contributed by atoms with Crippen LogP contribution in [-0.4, -0.2) is 54.7 Å². The van der Waals surface area contributed by atoms with Crippen LogP contribution in [0.5, 0.6) is 0 Å². The maximum absolute atomic E-state index is 12.5. The second-order valence-electron chi connectivity index (χ2n) is 6.86. The van der Waals surface area contributed by atoms with E-state index in [0.29, 0.717) is 18.7 Å². The molecule has 0 aromatic carbocycles. The lowest BCUT2D eigenvalue weighted by molar-refractivity contribution is -0.122. The molecule has 2 aliphatic heterocycles. The van der Waals surface area contributed by atoms with Gasteiger partial charge in [0.05, 0.1) is 35.8 Å². The average molecular weight is 353 g/mol. The van der Waals surface area contributed by atoms with Gasteiger partial charge in [-0.3, -0.25) is 9.78 Å². The summed E-state index contributed by atoms with van der Waals surface area (Å²) in [5.74, 6) is -0.285. The van der Waals surface area contributed by atoms with Crippen molar-refractivity contribution in [2.24, 2.45) is 11.8 Å². The number of carbonyl (C=O) groups is 1. The molecule has 2 bridgehead atoms. The Kier molecular flexibility index (Phi) is 4.89. The molecule has 0 spiro atoms. The van der Waals surface area contributed by atoms with Crippen molar-refractivity contribution < 1.29 is 17.9 Å². The molecule has 7 nitrogen and oxygen atoms in total.